The number of aromatic nitrogens is 1. The van der Waals surface area contributed by atoms with E-state index in [9.17, 15) is 9.59 Å². The molecule has 0 saturated carbocycles. The minimum Gasteiger partial charge on any atom is -0.497 e. The first kappa shape index (κ1) is 25.7. The van der Waals surface area contributed by atoms with Gasteiger partial charge in [-0.05, 0) is 76.5 Å². The lowest BCUT2D eigenvalue weighted by molar-refractivity contribution is -0.113. The first-order chi connectivity index (χ1) is 18.4. The van der Waals surface area contributed by atoms with E-state index in [1.165, 1.54) is 11.3 Å². The second kappa shape index (κ2) is 10.8. The number of halogens is 1. The lowest BCUT2D eigenvalue weighted by Gasteiger charge is -2.25. The van der Waals surface area contributed by atoms with Gasteiger partial charge in [0.15, 0.2) is 4.80 Å². The smallest absolute Gasteiger partial charge is 0.271 e. The zero-order chi connectivity index (χ0) is 26.8. The first-order valence-electron chi connectivity index (χ1n) is 11.8. The van der Waals surface area contributed by atoms with Crippen molar-refractivity contribution in [2.24, 2.45) is 4.99 Å². The lowest BCUT2D eigenvalue weighted by Crippen LogP contribution is -2.40. The Morgan fingerprint density at radius 3 is 2.45 bits per heavy atom. The normalized spacial score (nSPS) is 15.1. The highest BCUT2D eigenvalue weighted by molar-refractivity contribution is 9.10. The molecular weight excluding hydrogens is 566 g/mol. The molecule has 1 amide bonds. The van der Waals surface area contributed by atoms with Gasteiger partial charge in [-0.2, -0.15) is 0 Å². The van der Waals surface area contributed by atoms with Crippen molar-refractivity contribution in [3.63, 3.8) is 0 Å². The van der Waals surface area contributed by atoms with E-state index in [-0.39, 0.29) is 11.5 Å². The Hall–Kier alpha value is -3.95. The van der Waals surface area contributed by atoms with E-state index in [2.05, 4.69) is 21.2 Å². The monoisotopic (exact) mass is 589 g/mol. The fraction of sp³-hybridized carbons (Fsp3) is 0.138. The van der Waals surface area contributed by atoms with Gasteiger partial charge in [0, 0.05) is 5.69 Å². The van der Waals surface area contributed by atoms with Gasteiger partial charge in [0.1, 0.15) is 11.5 Å². The molecule has 0 unspecified atom stereocenters. The SMILES string of the molecule is COc1ccc([C@@H]2C(C(=O)Nc3ccccc3)=C(C)N=c3s/c(=C/c4ccc(OC)c(Br)c4)c(=O)n32)cc1. The summed E-state index contributed by atoms with van der Waals surface area (Å²) >= 11 is 4.79. The zero-order valence-corrected chi connectivity index (χ0v) is 23.3. The molecule has 9 heteroatoms. The molecule has 0 bridgehead atoms. The highest BCUT2D eigenvalue weighted by Gasteiger charge is 2.32. The molecule has 0 saturated heterocycles. The van der Waals surface area contributed by atoms with Crippen LogP contribution >= 0.6 is 27.3 Å². The Bertz CT molecular complexity index is 1720. The molecule has 7 nitrogen and oxygen atoms in total. The van der Waals surface area contributed by atoms with Crippen LogP contribution in [0.5, 0.6) is 11.5 Å². The minimum atomic E-state index is -0.661. The van der Waals surface area contributed by atoms with E-state index in [1.54, 1.807) is 25.7 Å². The van der Waals surface area contributed by atoms with Crippen molar-refractivity contribution in [1.29, 1.82) is 0 Å². The molecule has 3 aromatic carbocycles. The standard InChI is InChI=1S/C29H24BrN3O4S/c1-17-25(27(34)32-20-7-5-4-6-8-20)26(19-10-12-21(36-2)13-11-19)33-28(35)24(38-29(33)31-17)16-18-9-14-23(37-3)22(30)15-18/h4-16,26H,1-3H3,(H,32,34)/b24-16+/t26-/m1/s1. The van der Waals surface area contributed by atoms with Gasteiger partial charge in [-0.25, -0.2) is 4.99 Å². The van der Waals surface area contributed by atoms with Gasteiger partial charge in [0.25, 0.3) is 11.5 Å². The average Bonchev–Trinajstić information content (AvgIpc) is 3.22. The average molecular weight is 590 g/mol. The van der Waals surface area contributed by atoms with E-state index >= 15 is 0 Å². The van der Waals surface area contributed by atoms with Crippen LogP contribution in [0.4, 0.5) is 5.69 Å². The van der Waals surface area contributed by atoms with Gasteiger partial charge in [-0.3, -0.25) is 14.2 Å². The molecule has 1 aliphatic heterocycles. The number of anilines is 1. The fourth-order valence-electron chi connectivity index (χ4n) is 4.36. The van der Waals surface area contributed by atoms with Crippen LogP contribution in [0.3, 0.4) is 0 Å². The van der Waals surface area contributed by atoms with E-state index < -0.39 is 6.04 Å². The summed E-state index contributed by atoms with van der Waals surface area (Å²) in [6, 6.07) is 21.6. The molecule has 4 aromatic rings. The van der Waals surface area contributed by atoms with Gasteiger partial charge in [-0.15, -0.1) is 0 Å². The molecule has 2 heterocycles. The molecule has 1 aromatic heterocycles. The van der Waals surface area contributed by atoms with Crippen LogP contribution in [0.25, 0.3) is 6.08 Å². The van der Waals surface area contributed by atoms with Crippen molar-refractivity contribution in [3.05, 3.63) is 119 Å². The van der Waals surface area contributed by atoms with Crippen LogP contribution in [-0.2, 0) is 4.79 Å². The third-order valence-electron chi connectivity index (χ3n) is 6.20. The number of nitrogens with zero attached hydrogens (tertiary/aromatic N) is 2. The third kappa shape index (κ3) is 4.94. The Kier molecular flexibility index (Phi) is 7.31. The number of hydrogen-bond acceptors (Lipinski definition) is 6. The van der Waals surface area contributed by atoms with Crippen LogP contribution in [0, 0.1) is 0 Å². The second-order valence-corrected chi connectivity index (χ2v) is 10.4. The molecule has 0 fully saturated rings. The summed E-state index contributed by atoms with van der Waals surface area (Å²) < 4.78 is 13.5. The van der Waals surface area contributed by atoms with Crippen LogP contribution in [0.2, 0.25) is 0 Å². The number of thiazole rings is 1. The largest absolute Gasteiger partial charge is 0.497 e. The highest BCUT2D eigenvalue weighted by atomic mass is 79.9. The minimum absolute atomic E-state index is 0.223. The van der Waals surface area contributed by atoms with E-state index in [4.69, 9.17) is 14.5 Å². The summed E-state index contributed by atoms with van der Waals surface area (Å²) in [6.45, 7) is 1.80. The number of fused-ring (bicyclic) bond motifs is 1. The summed E-state index contributed by atoms with van der Waals surface area (Å²) in [5, 5.41) is 2.96. The van der Waals surface area contributed by atoms with E-state index in [0.29, 0.717) is 37.8 Å². The molecule has 38 heavy (non-hydrogen) atoms. The summed E-state index contributed by atoms with van der Waals surface area (Å²) in [5.74, 6) is 1.07. The Morgan fingerprint density at radius 2 is 1.79 bits per heavy atom. The maximum atomic E-state index is 13.8. The van der Waals surface area contributed by atoms with Crippen LogP contribution in [-0.4, -0.2) is 24.7 Å². The van der Waals surface area contributed by atoms with Crippen molar-refractivity contribution < 1.29 is 14.3 Å². The number of benzene rings is 3. The summed E-state index contributed by atoms with van der Waals surface area (Å²) in [4.78, 5) is 32.7. The predicted octanol–water partition coefficient (Wildman–Crippen LogP) is 4.65. The number of nitrogens with one attached hydrogen (secondary N) is 1. The van der Waals surface area contributed by atoms with Crippen LogP contribution < -0.4 is 29.7 Å². The summed E-state index contributed by atoms with van der Waals surface area (Å²) in [7, 11) is 3.20. The first-order valence-corrected chi connectivity index (χ1v) is 13.4. The summed E-state index contributed by atoms with van der Waals surface area (Å²) in [6.07, 6.45) is 1.82. The van der Waals surface area contributed by atoms with Gasteiger partial charge >= 0.3 is 0 Å². The zero-order valence-electron chi connectivity index (χ0n) is 20.9. The molecule has 0 aliphatic carbocycles. The Morgan fingerprint density at radius 1 is 1.05 bits per heavy atom. The van der Waals surface area contributed by atoms with Crippen molar-refractivity contribution in [2.45, 2.75) is 13.0 Å². The number of methoxy groups -OCH3 is 2. The molecule has 0 radical (unpaired) electrons. The van der Waals surface area contributed by atoms with Gasteiger partial charge in [0.05, 0.1) is 40.5 Å². The number of carbonyl (C=O) groups excluding carboxylic acids is 1. The Balaban J connectivity index is 1.66. The predicted molar refractivity (Wildman–Crippen MR) is 153 cm³/mol. The van der Waals surface area contributed by atoms with Crippen LogP contribution in [0.1, 0.15) is 24.1 Å². The topological polar surface area (TPSA) is 81.9 Å². The Labute approximate surface area is 231 Å². The number of hydrogen-bond donors (Lipinski definition) is 1. The molecule has 1 N–H and O–H groups in total. The van der Waals surface area contributed by atoms with Gasteiger partial charge in [0.2, 0.25) is 0 Å². The highest BCUT2D eigenvalue weighted by Crippen LogP contribution is 2.32. The van der Waals surface area contributed by atoms with Gasteiger partial charge < -0.3 is 14.8 Å². The molecule has 5 rings (SSSR count). The summed E-state index contributed by atoms with van der Waals surface area (Å²) in [5.41, 5.74) is 3.01. The number of rotatable bonds is 6. The molecule has 0 spiro atoms. The number of amides is 1. The second-order valence-electron chi connectivity index (χ2n) is 8.57. The van der Waals surface area contributed by atoms with Crippen molar-refractivity contribution in [2.75, 3.05) is 19.5 Å². The maximum absolute atomic E-state index is 13.8. The molecule has 1 atom stereocenters. The van der Waals surface area contributed by atoms with E-state index in [1.807, 2.05) is 78.9 Å². The number of allylic oxidation sites excluding steroid dienone is 1. The van der Waals surface area contributed by atoms with Crippen molar-refractivity contribution in [3.8, 4) is 11.5 Å². The molecule has 192 valence electrons. The third-order valence-corrected chi connectivity index (χ3v) is 7.81. The van der Waals surface area contributed by atoms with Crippen molar-refractivity contribution >= 4 is 44.9 Å². The van der Waals surface area contributed by atoms with Gasteiger partial charge in [-0.1, -0.05) is 47.7 Å². The fourth-order valence-corrected chi connectivity index (χ4v) is 5.96. The number of ether oxygens (including phenoxy) is 2. The van der Waals surface area contributed by atoms with Crippen molar-refractivity contribution in [1.82, 2.24) is 4.57 Å². The molecule has 1 aliphatic rings. The van der Waals surface area contributed by atoms with Crippen LogP contribution in [0.15, 0.2) is 98.3 Å². The molecular formula is C29H24BrN3O4S. The number of para-hydroxylation sites is 1. The number of carbonyl (C=O) groups is 1. The maximum Gasteiger partial charge on any atom is 0.271 e. The quantitative estimate of drug-likeness (QED) is 0.355. The van der Waals surface area contributed by atoms with E-state index in [0.717, 1.165) is 15.6 Å². The lowest BCUT2D eigenvalue weighted by atomic mass is 9.95.